The molecule has 1 fully saturated rings. The number of aromatic nitrogens is 3. The van der Waals surface area contributed by atoms with E-state index in [-0.39, 0.29) is 23.5 Å². The molecule has 31 heavy (non-hydrogen) atoms. The van der Waals surface area contributed by atoms with Gasteiger partial charge >= 0.3 is 0 Å². The first-order valence-electron chi connectivity index (χ1n) is 10.4. The Morgan fingerprint density at radius 1 is 1.23 bits per heavy atom. The average Bonchev–Trinajstić information content (AvgIpc) is 2.77. The molecule has 1 aliphatic rings. The van der Waals surface area contributed by atoms with Crippen LogP contribution in [0.3, 0.4) is 0 Å². The van der Waals surface area contributed by atoms with E-state index in [4.69, 9.17) is 16.3 Å². The maximum Gasteiger partial charge on any atom is 0.226 e. The molecular formula is C23H25ClN4O3. The molecule has 3 heterocycles. The van der Waals surface area contributed by atoms with Gasteiger partial charge in [0, 0.05) is 38.0 Å². The van der Waals surface area contributed by atoms with Crippen molar-refractivity contribution in [3.05, 3.63) is 68.6 Å². The van der Waals surface area contributed by atoms with Crippen LogP contribution in [0.4, 0.5) is 0 Å². The molecule has 8 heteroatoms. The van der Waals surface area contributed by atoms with Gasteiger partial charge in [-0.1, -0.05) is 23.7 Å². The summed E-state index contributed by atoms with van der Waals surface area (Å²) in [6, 6.07) is 9.14. The molecule has 1 N–H and O–H groups in total. The summed E-state index contributed by atoms with van der Waals surface area (Å²) in [6.07, 6.45) is 4.64. The Bertz CT molecular complexity index is 1140. The molecule has 0 saturated carbocycles. The molecule has 2 aromatic heterocycles. The lowest BCUT2D eigenvalue weighted by Crippen LogP contribution is -2.29. The number of aryl methyl sites for hydroxylation is 1. The SMILES string of the molecule is Cn1nc(CC(=O)NCc2ccc(Cl)cc2)c(=O)c2cc(CC3CCOCC3)cnc21. The number of carbonyl (C=O) groups is 1. The predicted molar refractivity (Wildman–Crippen MR) is 119 cm³/mol. The summed E-state index contributed by atoms with van der Waals surface area (Å²) in [7, 11) is 1.74. The van der Waals surface area contributed by atoms with Gasteiger partial charge in [0.25, 0.3) is 0 Å². The molecule has 0 aliphatic carbocycles. The third-order valence-electron chi connectivity index (χ3n) is 5.60. The Morgan fingerprint density at radius 3 is 2.71 bits per heavy atom. The second-order valence-corrected chi connectivity index (χ2v) is 8.39. The zero-order valence-electron chi connectivity index (χ0n) is 17.4. The summed E-state index contributed by atoms with van der Waals surface area (Å²) >= 11 is 5.88. The van der Waals surface area contributed by atoms with Crippen LogP contribution < -0.4 is 10.7 Å². The highest BCUT2D eigenvalue weighted by atomic mass is 35.5. The van der Waals surface area contributed by atoms with Gasteiger partial charge in [-0.15, -0.1) is 0 Å². The largest absolute Gasteiger partial charge is 0.381 e. The number of amides is 1. The minimum atomic E-state index is -0.259. The van der Waals surface area contributed by atoms with Crippen LogP contribution in [0.1, 0.15) is 29.7 Å². The molecule has 3 aromatic rings. The number of pyridine rings is 1. The van der Waals surface area contributed by atoms with Crippen molar-refractivity contribution in [1.29, 1.82) is 0 Å². The van der Waals surface area contributed by atoms with Gasteiger partial charge in [-0.3, -0.25) is 9.59 Å². The third-order valence-corrected chi connectivity index (χ3v) is 5.86. The van der Waals surface area contributed by atoms with Crippen molar-refractivity contribution in [3.63, 3.8) is 0 Å². The number of carbonyl (C=O) groups excluding carboxylic acids is 1. The summed E-state index contributed by atoms with van der Waals surface area (Å²) < 4.78 is 6.99. The van der Waals surface area contributed by atoms with Crippen LogP contribution >= 0.6 is 11.6 Å². The van der Waals surface area contributed by atoms with Crippen molar-refractivity contribution in [2.45, 2.75) is 32.2 Å². The van der Waals surface area contributed by atoms with Gasteiger partial charge in [-0.2, -0.15) is 5.10 Å². The van der Waals surface area contributed by atoms with E-state index in [2.05, 4.69) is 15.4 Å². The maximum absolute atomic E-state index is 13.0. The van der Waals surface area contributed by atoms with Gasteiger partial charge in [0.1, 0.15) is 5.69 Å². The predicted octanol–water partition coefficient (Wildman–Crippen LogP) is 2.81. The number of halogens is 1. The fourth-order valence-electron chi connectivity index (χ4n) is 3.88. The van der Waals surface area contributed by atoms with Crippen molar-refractivity contribution in [3.8, 4) is 0 Å². The highest BCUT2D eigenvalue weighted by Crippen LogP contribution is 2.21. The number of nitrogens with zero attached hydrogens (tertiary/aromatic N) is 3. The maximum atomic E-state index is 13.0. The van der Waals surface area contributed by atoms with Gasteiger partial charge in [-0.05, 0) is 54.5 Å². The monoisotopic (exact) mass is 440 g/mol. The van der Waals surface area contributed by atoms with E-state index in [1.165, 1.54) is 0 Å². The van der Waals surface area contributed by atoms with Crippen LogP contribution in [0.25, 0.3) is 11.0 Å². The fourth-order valence-corrected chi connectivity index (χ4v) is 4.01. The summed E-state index contributed by atoms with van der Waals surface area (Å²) in [5.41, 5.74) is 2.45. The molecule has 0 unspecified atom stereocenters. The molecule has 4 rings (SSSR count). The highest BCUT2D eigenvalue weighted by Gasteiger charge is 2.17. The van der Waals surface area contributed by atoms with E-state index in [9.17, 15) is 9.59 Å². The zero-order chi connectivity index (χ0) is 21.8. The lowest BCUT2D eigenvalue weighted by atomic mass is 9.93. The number of benzene rings is 1. The fraction of sp³-hybridized carbons (Fsp3) is 0.391. The second kappa shape index (κ2) is 9.58. The summed E-state index contributed by atoms with van der Waals surface area (Å²) in [5.74, 6) is 0.280. The number of hydrogen-bond donors (Lipinski definition) is 1. The van der Waals surface area contributed by atoms with E-state index in [0.29, 0.717) is 28.5 Å². The summed E-state index contributed by atoms with van der Waals surface area (Å²) in [6.45, 7) is 1.93. The Balaban J connectivity index is 1.50. The van der Waals surface area contributed by atoms with Crippen LogP contribution in [-0.4, -0.2) is 33.9 Å². The Morgan fingerprint density at radius 2 is 1.97 bits per heavy atom. The lowest BCUT2D eigenvalue weighted by molar-refractivity contribution is -0.120. The molecule has 0 spiro atoms. The molecule has 1 aromatic carbocycles. The molecule has 162 valence electrons. The molecule has 1 aliphatic heterocycles. The Hall–Kier alpha value is -2.77. The first-order valence-corrected chi connectivity index (χ1v) is 10.8. The van der Waals surface area contributed by atoms with Crippen LogP contribution in [0.2, 0.25) is 5.02 Å². The van der Waals surface area contributed by atoms with E-state index in [1.54, 1.807) is 23.9 Å². The first-order chi connectivity index (χ1) is 15.0. The molecule has 1 saturated heterocycles. The number of ether oxygens (including phenoxy) is 1. The van der Waals surface area contributed by atoms with Crippen LogP contribution in [0.5, 0.6) is 0 Å². The van der Waals surface area contributed by atoms with Gasteiger partial charge in [-0.25, -0.2) is 9.67 Å². The molecular weight excluding hydrogens is 416 g/mol. The van der Waals surface area contributed by atoms with Gasteiger partial charge < -0.3 is 10.1 Å². The normalized spacial score (nSPS) is 14.6. The minimum absolute atomic E-state index is 0.0829. The number of rotatable bonds is 6. The standard InChI is InChI=1S/C23H25ClN4O3/c1-28-23-19(11-17(14-26-23)10-15-6-8-31-9-7-15)22(30)20(27-28)12-21(29)25-13-16-2-4-18(24)5-3-16/h2-5,11,14-15H,6-10,12-13H2,1H3,(H,25,29). The molecule has 0 radical (unpaired) electrons. The van der Waals surface area contributed by atoms with Crippen LogP contribution in [0, 0.1) is 5.92 Å². The highest BCUT2D eigenvalue weighted by molar-refractivity contribution is 6.30. The summed E-state index contributed by atoms with van der Waals surface area (Å²) in [4.78, 5) is 29.9. The lowest BCUT2D eigenvalue weighted by Gasteiger charge is -2.21. The third kappa shape index (κ3) is 5.29. The molecule has 0 atom stereocenters. The van der Waals surface area contributed by atoms with Gasteiger partial charge in [0.15, 0.2) is 5.65 Å². The van der Waals surface area contributed by atoms with E-state index in [0.717, 1.165) is 43.6 Å². The van der Waals surface area contributed by atoms with E-state index in [1.807, 2.05) is 24.4 Å². The summed E-state index contributed by atoms with van der Waals surface area (Å²) in [5, 5.41) is 8.27. The molecule has 1 amide bonds. The molecule has 7 nitrogen and oxygen atoms in total. The first kappa shape index (κ1) is 21.5. The van der Waals surface area contributed by atoms with Crippen LogP contribution in [0.15, 0.2) is 41.3 Å². The number of fused-ring (bicyclic) bond motifs is 1. The van der Waals surface area contributed by atoms with E-state index < -0.39 is 0 Å². The quantitative estimate of drug-likeness (QED) is 0.637. The van der Waals surface area contributed by atoms with Crippen molar-refractivity contribution in [1.82, 2.24) is 20.1 Å². The van der Waals surface area contributed by atoms with Crippen molar-refractivity contribution in [2.24, 2.45) is 13.0 Å². The van der Waals surface area contributed by atoms with Crippen molar-refractivity contribution < 1.29 is 9.53 Å². The van der Waals surface area contributed by atoms with Crippen LogP contribution in [-0.2, 0) is 36.0 Å². The average molecular weight is 441 g/mol. The minimum Gasteiger partial charge on any atom is -0.381 e. The number of nitrogens with one attached hydrogen (secondary N) is 1. The van der Waals surface area contributed by atoms with E-state index >= 15 is 0 Å². The van der Waals surface area contributed by atoms with Gasteiger partial charge in [0.2, 0.25) is 11.3 Å². The smallest absolute Gasteiger partial charge is 0.226 e. The van der Waals surface area contributed by atoms with Crippen molar-refractivity contribution >= 4 is 28.5 Å². The molecule has 0 bridgehead atoms. The van der Waals surface area contributed by atoms with Gasteiger partial charge in [0.05, 0.1) is 11.8 Å². The second-order valence-electron chi connectivity index (χ2n) is 7.95. The Kier molecular flexibility index (Phi) is 6.63. The number of hydrogen-bond acceptors (Lipinski definition) is 5. The van der Waals surface area contributed by atoms with Crippen molar-refractivity contribution in [2.75, 3.05) is 13.2 Å². The Labute approximate surface area is 185 Å². The topological polar surface area (TPSA) is 86.1 Å². The zero-order valence-corrected chi connectivity index (χ0v) is 18.2.